The van der Waals surface area contributed by atoms with Crippen LogP contribution in [-0.2, 0) is 0 Å². The Bertz CT molecular complexity index is 533. The van der Waals surface area contributed by atoms with Gasteiger partial charge in [-0.15, -0.1) is 38.5 Å². The van der Waals surface area contributed by atoms with Crippen LogP contribution in [0.25, 0.3) is 0 Å². The highest BCUT2D eigenvalue weighted by molar-refractivity contribution is 14.1. The van der Waals surface area contributed by atoms with Gasteiger partial charge < -0.3 is 10.2 Å². The molecule has 0 rings (SSSR count). The highest BCUT2D eigenvalue weighted by Gasteiger charge is 2.14. The van der Waals surface area contributed by atoms with Crippen LogP contribution in [0.1, 0.15) is 120 Å². The fourth-order valence-electron chi connectivity index (χ4n) is 2.46. The molecule has 0 saturated carbocycles. The molecule has 0 spiro atoms. The zero-order valence-corrected chi connectivity index (χ0v) is 43.0. The van der Waals surface area contributed by atoms with Gasteiger partial charge in [0.1, 0.15) is 0 Å². The highest BCUT2D eigenvalue weighted by Crippen LogP contribution is 2.26. The van der Waals surface area contributed by atoms with Gasteiger partial charge in [-0.1, -0.05) is 126 Å². The maximum absolute atomic E-state index is 8.53. The maximum Gasteiger partial charge on any atom is 0.230 e. The van der Waals surface area contributed by atoms with Gasteiger partial charge in [-0.2, -0.15) is 67.1 Å². The van der Waals surface area contributed by atoms with E-state index in [4.69, 9.17) is 10.2 Å². The topological polar surface area (TPSA) is 40.5 Å². The van der Waals surface area contributed by atoms with Gasteiger partial charge in [-0.3, -0.25) is 0 Å². The third-order valence-electron chi connectivity index (χ3n) is 6.78. The summed E-state index contributed by atoms with van der Waals surface area (Å²) in [6.45, 7) is 28.3. The molecule has 0 aromatic heterocycles. The van der Waals surface area contributed by atoms with Gasteiger partial charge in [0.15, 0.2) is 0 Å². The van der Waals surface area contributed by atoms with Crippen LogP contribution in [0, 0.1) is 16.2 Å². The predicted molar refractivity (Wildman–Crippen MR) is 261 cm³/mol. The molecule has 269 valence electrons. The van der Waals surface area contributed by atoms with E-state index in [1.54, 1.807) is 0 Å². The number of alkyl halides is 2. The van der Waals surface area contributed by atoms with Crippen molar-refractivity contribution in [2.45, 2.75) is 120 Å². The van der Waals surface area contributed by atoms with Crippen molar-refractivity contribution in [3.05, 3.63) is 25.3 Å². The predicted octanol–water partition coefficient (Wildman–Crippen LogP) is 13.7. The summed E-state index contributed by atoms with van der Waals surface area (Å²) < 4.78 is 0. The Labute approximate surface area is 349 Å². The molecule has 3 radical (unpaired) electrons. The summed E-state index contributed by atoms with van der Waals surface area (Å²) >= 11 is 13.5. The molecule has 0 bridgehead atoms. The fraction of sp³-hybridized carbons (Fsp3) is 0.875. The lowest BCUT2D eigenvalue weighted by Crippen LogP contribution is -2.09. The molecule has 0 saturated heterocycles. The number of aliphatic hydroxyl groups is 2. The van der Waals surface area contributed by atoms with E-state index in [9.17, 15) is 0 Å². The molecule has 0 aliphatic carbocycles. The first-order valence-corrected chi connectivity index (χ1v) is 26.0. The molecule has 45 heavy (non-hydrogen) atoms. The molecule has 0 amide bonds. The number of rotatable bonds is 21. The van der Waals surface area contributed by atoms with Gasteiger partial charge in [0.25, 0.3) is 0 Å². The molecule has 2 N–H and O–H groups in total. The second kappa shape index (κ2) is 50.1. The highest BCUT2D eigenvalue weighted by atomic mass is 127. The number of aliphatic hydroxyl groups excluding tert-OH is 2. The molecule has 0 aliphatic heterocycles. The van der Waals surface area contributed by atoms with Gasteiger partial charge in [-0.25, -0.2) is 0 Å². The van der Waals surface area contributed by atoms with Gasteiger partial charge in [0, 0.05) is 23.9 Å². The second-order valence-electron chi connectivity index (χ2n) is 12.4. The molecule has 3 atom stereocenters. The van der Waals surface area contributed by atoms with Crippen LogP contribution in [-0.4, -0.2) is 67.1 Å². The summed E-state index contributed by atoms with van der Waals surface area (Å²) in [5.74, 6) is 0. The van der Waals surface area contributed by atoms with E-state index in [0.717, 1.165) is 74.0 Å². The van der Waals surface area contributed by atoms with Crippen LogP contribution >= 0.6 is 124 Å². The van der Waals surface area contributed by atoms with Crippen LogP contribution in [0.2, 0.25) is 0 Å². The van der Waals surface area contributed by atoms with Crippen molar-refractivity contribution < 1.29 is 10.2 Å². The van der Waals surface area contributed by atoms with Crippen LogP contribution in [0.4, 0.5) is 0 Å². The number of halogens is 5. The summed E-state index contributed by atoms with van der Waals surface area (Å²) in [5, 5.41) is 19.1. The van der Waals surface area contributed by atoms with Gasteiger partial charge >= 0.3 is 0 Å². The Hall–Kier alpha value is 4.03. The first kappa shape index (κ1) is 61.1. The molecular weight excluding hydrogens is 1080 g/mol. The van der Waals surface area contributed by atoms with Crippen molar-refractivity contribution in [3.8, 4) is 0 Å². The molecule has 0 heterocycles. The third-order valence-corrected chi connectivity index (χ3v) is 14.6. The molecule has 2 nitrogen and oxygen atoms in total. The van der Waals surface area contributed by atoms with E-state index in [1.165, 1.54) is 38.3 Å². The summed E-state index contributed by atoms with van der Waals surface area (Å²) in [6, 6.07) is 0. The number of hydrogen-bond donors (Lipinski definition) is 2. The van der Waals surface area contributed by atoms with E-state index >= 15 is 0 Å². The smallest absolute Gasteiger partial charge is 0.230 e. The Kier molecular flexibility index (Phi) is 68.1. The SMILES string of the molecule is BrCCP[B]I.C=CCC(C)(C)CC.C=CCP[B]I.CCC(C)(C)CCCBr.CCC(C)(C)CCCO.OCCCP[B]I. The summed E-state index contributed by atoms with van der Waals surface area (Å²) in [7, 11) is 2.91. The minimum atomic E-state index is 0.337. The second-order valence-corrected chi connectivity index (χ2v) is 22.8. The first-order chi connectivity index (χ1) is 21.1. The largest absolute Gasteiger partial charge is 0.396 e. The summed E-state index contributed by atoms with van der Waals surface area (Å²) in [6.07, 6.45) is 18.1. The zero-order valence-electron chi connectivity index (χ0n) is 30.4. The molecule has 0 aromatic carbocycles. The summed E-state index contributed by atoms with van der Waals surface area (Å²) in [5.41, 5.74) is 1.47. The fourth-order valence-corrected chi connectivity index (χ4v) is 7.01. The molecule has 0 aliphatic rings. The average molecular weight is 1150 g/mol. The summed E-state index contributed by atoms with van der Waals surface area (Å²) in [4.78, 5) is 6.44. The van der Waals surface area contributed by atoms with Gasteiger partial charge in [0.05, 0.1) is 0 Å². The Morgan fingerprint density at radius 3 is 1.29 bits per heavy atom. The van der Waals surface area contributed by atoms with Crippen LogP contribution in [0.5, 0.6) is 0 Å². The molecule has 3 unspecified atom stereocenters. The van der Waals surface area contributed by atoms with Crippen molar-refractivity contribution in [1.82, 2.24) is 0 Å². The third kappa shape index (κ3) is 74.2. The minimum absolute atomic E-state index is 0.337. The van der Waals surface area contributed by atoms with E-state index in [0.29, 0.717) is 29.5 Å². The van der Waals surface area contributed by atoms with Crippen molar-refractivity contribution in [2.24, 2.45) is 16.2 Å². The lowest BCUT2D eigenvalue weighted by molar-refractivity contribution is 0.237. The molecule has 13 heteroatoms. The Morgan fingerprint density at radius 1 is 0.622 bits per heavy atom. The lowest BCUT2D eigenvalue weighted by Gasteiger charge is -2.21. The number of allylic oxidation sites excluding steroid dienone is 2. The van der Waals surface area contributed by atoms with Gasteiger partial charge in [0.2, 0.25) is 14.6 Å². The molecule has 0 fully saturated rings. The van der Waals surface area contributed by atoms with Crippen molar-refractivity contribution >= 4 is 139 Å². The van der Waals surface area contributed by atoms with Crippen molar-refractivity contribution in [2.75, 3.05) is 42.4 Å². The number of hydrogen-bond acceptors (Lipinski definition) is 2. The van der Waals surface area contributed by atoms with E-state index in [-0.39, 0.29) is 0 Å². The van der Waals surface area contributed by atoms with E-state index in [1.807, 2.05) is 12.2 Å². The zero-order chi connectivity index (χ0) is 36.5. The molecule has 0 aromatic rings. The standard InChI is InChI=1S/C8H17Br.C8H18O.C8H16.C3H8BIOP.C3H6BIP.C2H5BBrIP/c2*1-4-8(2,3)6-5-7-9;1-5-7-8(3,4)6-2;5-4-7-3-1-2-6;1-2-3-6-4-5;4-1-2-6-3-5/h4-7H2,1-3H3;9H,4-7H2,1-3H3;5H,1,6-7H2,2-4H3;6-7H,1-3H2;2,6H,1,3H2;6H,1-2H2. The monoisotopic (exact) mass is 1150 g/mol. The van der Waals surface area contributed by atoms with E-state index < -0.39 is 0 Å². The normalized spacial score (nSPS) is 11.1. The van der Waals surface area contributed by atoms with Crippen molar-refractivity contribution in [1.29, 1.82) is 0 Å². The Morgan fingerprint density at radius 2 is 1.04 bits per heavy atom. The van der Waals surface area contributed by atoms with Crippen molar-refractivity contribution in [3.63, 3.8) is 0 Å². The lowest BCUT2D eigenvalue weighted by atomic mass is 9.85. The minimum Gasteiger partial charge on any atom is -0.396 e. The van der Waals surface area contributed by atoms with Gasteiger partial charge in [-0.05, 0) is 73.3 Å². The van der Waals surface area contributed by atoms with E-state index in [2.05, 4.69) is 189 Å². The van der Waals surface area contributed by atoms with Crippen LogP contribution in [0.3, 0.4) is 0 Å². The maximum atomic E-state index is 8.53. The first-order valence-electron chi connectivity index (χ1n) is 16.1. The molecular formula is C32H70B3Br2I3O2P3. The Balaban J connectivity index is -0.000000102. The van der Waals surface area contributed by atoms with Crippen LogP contribution in [0.15, 0.2) is 25.3 Å². The van der Waals surface area contributed by atoms with Crippen LogP contribution < -0.4 is 0 Å². The average Bonchev–Trinajstić information content (AvgIpc) is 3.02. The quantitative estimate of drug-likeness (QED) is 0.0300.